The van der Waals surface area contributed by atoms with Gasteiger partial charge in [0.25, 0.3) is 5.91 Å². The van der Waals surface area contributed by atoms with E-state index in [4.69, 9.17) is 10.5 Å². The van der Waals surface area contributed by atoms with Gasteiger partial charge in [-0.1, -0.05) is 6.07 Å². The first-order valence-corrected chi connectivity index (χ1v) is 6.00. The van der Waals surface area contributed by atoms with Crippen molar-refractivity contribution in [2.45, 2.75) is 26.9 Å². The summed E-state index contributed by atoms with van der Waals surface area (Å²) in [6.45, 7) is 6.54. The minimum atomic E-state index is -0.760. The molecule has 1 aromatic rings. The number of nitrogens with zero attached hydrogens (tertiary/aromatic N) is 1. The number of carbonyl (C=O) groups excluding carboxylic acids is 1. The quantitative estimate of drug-likeness (QED) is 0.818. The zero-order valence-electron chi connectivity index (χ0n) is 10.9. The van der Waals surface area contributed by atoms with E-state index in [0.29, 0.717) is 13.1 Å². The van der Waals surface area contributed by atoms with Crippen molar-refractivity contribution < 1.29 is 13.9 Å². The van der Waals surface area contributed by atoms with E-state index in [1.807, 2.05) is 13.8 Å². The van der Waals surface area contributed by atoms with E-state index in [2.05, 4.69) is 0 Å². The number of amides is 1. The van der Waals surface area contributed by atoms with Crippen LogP contribution in [-0.2, 0) is 4.79 Å². The zero-order valence-corrected chi connectivity index (χ0v) is 10.9. The molecule has 0 aliphatic carbocycles. The third-order valence-electron chi connectivity index (χ3n) is 2.71. The fourth-order valence-corrected chi connectivity index (χ4v) is 1.67. The molecular formula is C13H19FN2O2. The highest BCUT2D eigenvalue weighted by Gasteiger charge is 2.21. The van der Waals surface area contributed by atoms with Crippen LogP contribution in [0.1, 0.15) is 20.8 Å². The maximum absolute atomic E-state index is 13.5. The Morgan fingerprint density at radius 3 is 2.56 bits per heavy atom. The van der Waals surface area contributed by atoms with Gasteiger partial charge in [-0.15, -0.1) is 0 Å². The number of para-hydroxylation sites is 1. The number of hydrogen-bond donors (Lipinski definition) is 1. The van der Waals surface area contributed by atoms with Crippen LogP contribution in [0.15, 0.2) is 18.2 Å². The molecule has 100 valence electrons. The van der Waals surface area contributed by atoms with Gasteiger partial charge in [0.05, 0.1) is 5.69 Å². The Hall–Kier alpha value is -1.78. The summed E-state index contributed by atoms with van der Waals surface area (Å²) in [6, 6.07) is 4.28. The summed E-state index contributed by atoms with van der Waals surface area (Å²) in [5.74, 6) is -0.803. The number of halogens is 1. The summed E-state index contributed by atoms with van der Waals surface area (Å²) in [4.78, 5) is 13.6. The van der Waals surface area contributed by atoms with Crippen molar-refractivity contribution in [3.63, 3.8) is 0 Å². The number of nitrogen functional groups attached to an aromatic ring is 1. The molecule has 0 saturated heterocycles. The van der Waals surface area contributed by atoms with Gasteiger partial charge in [-0.05, 0) is 32.9 Å². The van der Waals surface area contributed by atoms with Crippen molar-refractivity contribution in [1.29, 1.82) is 0 Å². The van der Waals surface area contributed by atoms with E-state index < -0.39 is 11.9 Å². The standard InChI is InChI=1S/C13H19FN2O2/c1-4-16(5-2)13(17)9(3)18-12-10(14)7-6-8-11(12)15/h6-9H,4-5,15H2,1-3H3. The third-order valence-corrected chi connectivity index (χ3v) is 2.71. The molecule has 0 heterocycles. The molecule has 1 amide bonds. The van der Waals surface area contributed by atoms with E-state index >= 15 is 0 Å². The first-order valence-electron chi connectivity index (χ1n) is 6.00. The highest BCUT2D eigenvalue weighted by atomic mass is 19.1. The van der Waals surface area contributed by atoms with Gasteiger partial charge >= 0.3 is 0 Å². The number of anilines is 1. The topological polar surface area (TPSA) is 55.6 Å². The Morgan fingerprint density at radius 2 is 2.06 bits per heavy atom. The van der Waals surface area contributed by atoms with Gasteiger partial charge in [-0.2, -0.15) is 0 Å². The number of nitrogens with two attached hydrogens (primary N) is 1. The number of rotatable bonds is 5. The molecule has 0 aromatic heterocycles. The summed E-state index contributed by atoms with van der Waals surface area (Å²) >= 11 is 0. The molecule has 1 rings (SSSR count). The highest BCUT2D eigenvalue weighted by Crippen LogP contribution is 2.26. The van der Waals surface area contributed by atoms with Crippen molar-refractivity contribution in [3.8, 4) is 5.75 Å². The summed E-state index contributed by atoms with van der Waals surface area (Å²) in [6.07, 6.45) is -0.760. The van der Waals surface area contributed by atoms with Crippen LogP contribution in [0.5, 0.6) is 5.75 Å². The second-order valence-electron chi connectivity index (χ2n) is 3.93. The van der Waals surface area contributed by atoms with Gasteiger partial charge in [-0.25, -0.2) is 4.39 Å². The number of carbonyl (C=O) groups is 1. The molecule has 4 nitrogen and oxygen atoms in total. The van der Waals surface area contributed by atoms with E-state index in [-0.39, 0.29) is 17.3 Å². The summed E-state index contributed by atoms with van der Waals surface area (Å²) in [5.41, 5.74) is 5.81. The van der Waals surface area contributed by atoms with Crippen LogP contribution < -0.4 is 10.5 Å². The lowest BCUT2D eigenvalue weighted by atomic mass is 10.2. The van der Waals surface area contributed by atoms with E-state index in [1.54, 1.807) is 11.8 Å². The lowest BCUT2D eigenvalue weighted by Gasteiger charge is -2.23. The number of likely N-dealkylation sites (N-methyl/N-ethyl adjacent to an activating group) is 1. The Balaban J connectivity index is 2.81. The normalized spacial score (nSPS) is 12.0. The highest BCUT2D eigenvalue weighted by molar-refractivity contribution is 5.81. The van der Waals surface area contributed by atoms with Crippen LogP contribution in [0.4, 0.5) is 10.1 Å². The molecule has 0 bridgehead atoms. The Bertz CT molecular complexity index is 399. The van der Waals surface area contributed by atoms with Crippen LogP contribution in [0.2, 0.25) is 0 Å². The Morgan fingerprint density at radius 1 is 1.44 bits per heavy atom. The fourth-order valence-electron chi connectivity index (χ4n) is 1.67. The first kappa shape index (κ1) is 14.3. The molecule has 2 N–H and O–H groups in total. The molecule has 0 aliphatic rings. The van der Waals surface area contributed by atoms with E-state index in [0.717, 1.165) is 0 Å². The lowest BCUT2D eigenvalue weighted by molar-refractivity contribution is -0.137. The molecule has 1 aromatic carbocycles. The van der Waals surface area contributed by atoms with Gasteiger partial charge in [0, 0.05) is 13.1 Å². The molecule has 0 fully saturated rings. The largest absolute Gasteiger partial charge is 0.476 e. The molecular weight excluding hydrogens is 235 g/mol. The molecule has 0 aliphatic heterocycles. The summed E-state index contributed by atoms with van der Waals surface area (Å²) in [5, 5.41) is 0. The van der Waals surface area contributed by atoms with E-state index in [1.165, 1.54) is 18.2 Å². The van der Waals surface area contributed by atoms with Crippen molar-refractivity contribution in [3.05, 3.63) is 24.0 Å². The predicted molar refractivity (Wildman–Crippen MR) is 68.8 cm³/mol. The molecule has 1 unspecified atom stereocenters. The maximum Gasteiger partial charge on any atom is 0.263 e. The average Bonchev–Trinajstić information content (AvgIpc) is 2.35. The number of benzene rings is 1. The fraction of sp³-hybridized carbons (Fsp3) is 0.462. The van der Waals surface area contributed by atoms with Crippen LogP contribution in [0.3, 0.4) is 0 Å². The van der Waals surface area contributed by atoms with Gasteiger partial charge in [0.1, 0.15) is 0 Å². The molecule has 0 radical (unpaired) electrons. The Kier molecular flexibility index (Phi) is 4.95. The van der Waals surface area contributed by atoms with Crippen LogP contribution in [0.25, 0.3) is 0 Å². The van der Waals surface area contributed by atoms with Crippen molar-refractivity contribution >= 4 is 11.6 Å². The average molecular weight is 254 g/mol. The second-order valence-corrected chi connectivity index (χ2v) is 3.93. The first-order chi connectivity index (χ1) is 8.51. The summed E-state index contributed by atoms with van der Waals surface area (Å²) < 4.78 is 18.8. The van der Waals surface area contributed by atoms with Gasteiger partial charge in [-0.3, -0.25) is 4.79 Å². The zero-order chi connectivity index (χ0) is 13.7. The smallest absolute Gasteiger partial charge is 0.263 e. The molecule has 0 spiro atoms. The van der Waals surface area contributed by atoms with Crippen molar-refractivity contribution in [1.82, 2.24) is 4.90 Å². The maximum atomic E-state index is 13.5. The SMILES string of the molecule is CCN(CC)C(=O)C(C)Oc1c(N)cccc1F. The van der Waals surface area contributed by atoms with Crippen LogP contribution in [0, 0.1) is 5.82 Å². The van der Waals surface area contributed by atoms with Crippen molar-refractivity contribution in [2.75, 3.05) is 18.8 Å². The molecule has 5 heteroatoms. The lowest BCUT2D eigenvalue weighted by Crippen LogP contribution is -2.40. The second kappa shape index (κ2) is 6.23. The number of ether oxygens (including phenoxy) is 1. The minimum absolute atomic E-state index is 0.0643. The molecule has 1 atom stereocenters. The van der Waals surface area contributed by atoms with Crippen LogP contribution >= 0.6 is 0 Å². The Labute approximate surface area is 107 Å². The minimum Gasteiger partial charge on any atom is -0.476 e. The van der Waals surface area contributed by atoms with E-state index in [9.17, 15) is 9.18 Å². The summed E-state index contributed by atoms with van der Waals surface area (Å²) in [7, 11) is 0. The molecule has 18 heavy (non-hydrogen) atoms. The monoisotopic (exact) mass is 254 g/mol. The van der Waals surface area contributed by atoms with Crippen molar-refractivity contribution in [2.24, 2.45) is 0 Å². The number of hydrogen-bond acceptors (Lipinski definition) is 3. The van der Waals surface area contributed by atoms with Gasteiger partial charge < -0.3 is 15.4 Å². The predicted octanol–water partition coefficient (Wildman–Crippen LogP) is 2.04. The van der Waals surface area contributed by atoms with Gasteiger partial charge in [0.2, 0.25) is 0 Å². The molecule has 0 saturated carbocycles. The third kappa shape index (κ3) is 3.12. The van der Waals surface area contributed by atoms with Crippen LogP contribution in [-0.4, -0.2) is 30.0 Å². The van der Waals surface area contributed by atoms with Gasteiger partial charge in [0.15, 0.2) is 17.7 Å².